The molecule has 3 heteroatoms. The Hall–Kier alpha value is -4.96. The summed E-state index contributed by atoms with van der Waals surface area (Å²) >= 11 is 0. The molecule has 0 aliphatic carbocycles. The Morgan fingerprint density at radius 3 is 1.00 bits per heavy atom. The molecule has 2 heterocycles. The van der Waals surface area contributed by atoms with Gasteiger partial charge < -0.3 is 0 Å². The zero-order valence-corrected chi connectivity index (χ0v) is 27.9. The zero-order valence-electron chi connectivity index (χ0n) is 25.9. The van der Waals surface area contributed by atoms with E-state index in [4.69, 9.17) is 0 Å². The van der Waals surface area contributed by atoms with Crippen molar-refractivity contribution in [2.45, 2.75) is 6.92 Å². The average Bonchev–Trinajstić information content (AvgIpc) is 3.13. The van der Waals surface area contributed by atoms with Gasteiger partial charge in [-0.2, -0.15) is 0 Å². The highest BCUT2D eigenvalue weighted by Gasteiger charge is 2.57. The Balaban J connectivity index is 1.54. The number of hydrogen-bond donors (Lipinski definition) is 0. The maximum Gasteiger partial charge on any atom is 0.240 e. The summed E-state index contributed by atoms with van der Waals surface area (Å²) in [4.78, 5) is 0. The van der Waals surface area contributed by atoms with E-state index in [-0.39, 0.29) is 6.71 Å². The first-order valence-corrected chi connectivity index (χ1v) is 20.3. The minimum atomic E-state index is -2.73. The minimum Gasteiger partial charge on any atom is -0.0683 e. The highest BCUT2D eigenvalue weighted by molar-refractivity contribution is 7.32. The van der Waals surface area contributed by atoms with Crippen LogP contribution < -0.4 is 57.9 Å². The first kappa shape index (κ1) is 27.4. The number of benzene rings is 7. The summed E-state index contributed by atoms with van der Waals surface area (Å²) in [5.74, 6) is 0. The van der Waals surface area contributed by atoms with Gasteiger partial charge in [-0.1, -0.05) is 204 Å². The molecule has 0 unspecified atom stereocenters. The van der Waals surface area contributed by atoms with Gasteiger partial charge in [-0.25, -0.2) is 0 Å². The Morgan fingerprint density at radius 1 is 0.348 bits per heavy atom. The fourth-order valence-corrected chi connectivity index (χ4v) is 19.9. The van der Waals surface area contributed by atoms with Crippen LogP contribution in [0.25, 0.3) is 0 Å². The molecular formula is C43H33BSi2. The lowest BCUT2D eigenvalue weighted by Gasteiger charge is -2.50. The summed E-state index contributed by atoms with van der Waals surface area (Å²) in [6, 6.07) is 69.9. The van der Waals surface area contributed by atoms with Crippen molar-refractivity contribution in [2.24, 2.45) is 0 Å². The minimum absolute atomic E-state index is 0.180. The summed E-state index contributed by atoms with van der Waals surface area (Å²) in [7, 11) is -5.45. The molecule has 2 aliphatic heterocycles. The first-order valence-electron chi connectivity index (χ1n) is 16.3. The van der Waals surface area contributed by atoms with E-state index >= 15 is 0 Å². The predicted octanol–water partition coefficient (Wildman–Crippen LogP) is 1.89. The van der Waals surface area contributed by atoms with Crippen LogP contribution >= 0.6 is 0 Å². The van der Waals surface area contributed by atoms with E-state index in [1.165, 1.54) is 47.6 Å². The normalized spacial score (nSPS) is 14.9. The van der Waals surface area contributed by atoms with Crippen molar-refractivity contribution in [1.29, 1.82) is 0 Å². The number of fused-ring (bicyclic) bond motifs is 4. The third-order valence-corrected chi connectivity index (χ3v) is 20.4. The van der Waals surface area contributed by atoms with Gasteiger partial charge in [0.15, 0.2) is 16.1 Å². The SMILES string of the molecule is Cc1cc2c3c(c1)[Si](c1ccccc1)(c1ccccc1)c1ccccc1B3c1ccccc1[Si]2(c1ccccc1)c1ccccc1. The van der Waals surface area contributed by atoms with E-state index in [9.17, 15) is 0 Å². The smallest absolute Gasteiger partial charge is 0.0683 e. The van der Waals surface area contributed by atoms with Crippen LogP contribution in [0.4, 0.5) is 0 Å². The lowest BCUT2D eigenvalue weighted by molar-refractivity contribution is 1.50. The maximum atomic E-state index is 2.58. The highest BCUT2D eigenvalue weighted by Crippen LogP contribution is 2.18. The molecule has 0 saturated heterocycles. The Labute approximate surface area is 274 Å². The number of rotatable bonds is 4. The second-order valence-corrected chi connectivity index (χ2v) is 20.3. The largest absolute Gasteiger partial charge is 0.240 e. The van der Waals surface area contributed by atoms with E-state index in [2.05, 4.69) is 189 Å². The monoisotopic (exact) mass is 616 g/mol. The average molecular weight is 617 g/mol. The van der Waals surface area contributed by atoms with Crippen LogP contribution in [0.15, 0.2) is 182 Å². The van der Waals surface area contributed by atoms with Crippen molar-refractivity contribution >= 4 is 80.7 Å². The highest BCUT2D eigenvalue weighted by atomic mass is 28.3. The van der Waals surface area contributed by atoms with Crippen LogP contribution in [0.1, 0.15) is 5.56 Å². The summed E-state index contributed by atoms with van der Waals surface area (Å²) in [6.45, 7) is 2.51. The van der Waals surface area contributed by atoms with Gasteiger partial charge in [-0.3, -0.25) is 0 Å². The molecule has 0 spiro atoms. The summed E-state index contributed by atoms with van der Waals surface area (Å²) in [5, 5.41) is 11.9. The third-order valence-electron chi connectivity index (χ3n) is 10.6. The van der Waals surface area contributed by atoms with E-state index in [1.54, 1.807) is 15.8 Å². The van der Waals surface area contributed by atoms with Crippen LogP contribution in [0.5, 0.6) is 0 Å². The molecule has 0 aromatic heterocycles. The van der Waals surface area contributed by atoms with Gasteiger partial charge >= 0.3 is 0 Å². The van der Waals surface area contributed by atoms with Crippen molar-refractivity contribution in [1.82, 2.24) is 0 Å². The first-order chi connectivity index (χ1) is 22.8. The molecule has 0 amide bonds. The van der Waals surface area contributed by atoms with Gasteiger partial charge in [0.25, 0.3) is 0 Å². The molecule has 9 rings (SSSR count). The van der Waals surface area contributed by atoms with Gasteiger partial charge in [-0.05, 0) is 48.4 Å². The second kappa shape index (κ2) is 10.6. The molecular weight excluding hydrogens is 583 g/mol. The van der Waals surface area contributed by atoms with Crippen molar-refractivity contribution in [3.05, 3.63) is 188 Å². The maximum absolute atomic E-state index is 2.73. The lowest BCUT2D eigenvalue weighted by Crippen LogP contribution is -2.95. The molecule has 0 atom stereocenters. The number of hydrogen-bond acceptors (Lipinski definition) is 0. The summed E-state index contributed by atoms with van der Waals surface area (Å²) in [5.41, 5.74) is 5.84. The topological polar surface area (TPSA) is 0 Å². The summed E-state index contributed by atoms with van der Waals surface area (Å²) < 4.78 is 0. The van der Waals surface area contributed by atoms with E-state index in [0.717, 1.165) is 0 Å². The van der Waals surface area contributed by atoms with Crippen molar-refractivity contribution in [2.75, 3.05) is 0 Å². The molecule has 216 valence electrons. The fraction of sp³-hybridized carbons (Fsp3) is 0.0233. The molecule has 0 bridgehead atoms. The van der Waals surface area contributed by atoms with Crippen molar-refractivity contribution in [3.63, 3.8) is 0 Å². The molecule has 0 saturated carbocycles. The van der Waals surface area contributed by atoms with E-state index in [1.807, 2.05) is 0 Å². The second-order valence-electron chi connectivity index (χ2n) is 12.8. The van der Waals surface area contributed by atoms with Gasteiger partial charge in [0.1, 0.15) is 0 Å². The Kier molecular flexibility index (Phi) is 6.28. The molecule has 46 heavy (non-hydrogen) atoms. The standard InChI is InChI=1S/C43H33BSi2/c1-32-30-41-43-42(31-32)46(35-22-10-4-11-23-35,36-24-12-5-13-25-36)40-29-17-15-27-38(40)44(43)37-26-14-16-28-39(37)45(41,33-18-6-2-7-19-33)34-20-8-3-9-21-34/h2-31H,1H3. The van der Waals surface area contributed by atoms with Crippen LogP contribution in [0.2, 0.25) is 0 Å². The van der Waals surface area contributed by atoms with Crippen molar-refractivity contribution in [3.8, 4) is 0 Å². The predicted molar refractivity (Wildman–Crippen MR) is 203 cm³/mol. The number of aryl methyl sites for hydroxylation is 1. The van der Waals surface area contributed by atoms with E-state index < -0.39 is 16.1 Å². The quantitative estimate of drug-likeness (QED) is 0.265. The van der Waals surface area contributed by atoms with Crippen LogP contribution in [-0.2, 0) is 0 Å². The Morgan fingerprint density at radius 2 is 0.652 bits per heavy atom. The molecule has 0 fully saturated rings. The van der Waals surface area contributed by atoms with Crippen LogP contribution in [0.3, 0.4) is 0 Å². The van der Waals surface area contributed by atoms with Gasteiger partial charge in [0, 0.05) is 0 Å². The summed E-state index contributed by atoms with van der Waals surface area (Å²) in [6.07, 6.45) is 0. The molecule has 0 nitrogen and oxygen atoms in total. The lowest BCUT2D eigenvalue weighted by atomic mass is 9.36. The molecule has 0 N–H and O–H groups in total. The van der Waals surface area contributed by atoms with Gasteiger partial charge in [0.2, 0.25) is 6.71 Å². The fourth-order valence-electron chi connectivity index (χ4n) is 9.01. The third kappa shape index (κ3) is 3.61. The van der Waals surface area contributed by atoms with Crippen molar-refractivity contribution < 1.29 is 0 Å². The van der Waals surface area contributed by atoms with E-state index in [0.29, 0.717) is 0 Å². The molecule has 7 aromatic carbocycles. The molecule has 2 aliphatic rings. The molecule has 7 aromatic rings. The van der Waals surface area contributed by atoms with Crippen LogP contribution in [0, 0.1) is 6.92 Å². The zero-order chi connectivity index (χ0) is 30.7. The molecule has 0 radical (unpaired) electrons. The Bertz CT molecular complexity index is 1980. The van der Waals surface area contributed by atoms with Crippen LogP contribution in [-0.4, -0.2) is 22.9 Å². The van der Waals surface area contributed by atoms with Gasteiger partial charge in [-0.15, -0.1) is 0 Å². The van der Waals surface area contributed by atoms with Gasteiger partial charge in [0.05, 0.1) is 0 Å².